The lowest BCUT2D eigenvalue weighted by Crippen LogP contribution is -2.50. The molecule has 2 aliphatic heterocycles. The number of aromatic nitrogens is 2. The van der Waals surface area contributed by atoms with Gasteiger partial charge in [-0.3, -0.25) is 0 Å². The maximum absolute atomic E-state index is 13.7. The number of benzene rings is 1. The molecule has 2 fully saturated rings. The lowest BCUT2D eigenvalue weighted by Gasteiger charge is -2.35. The molecular formula is C19H22F2N6O. The van der Waals surface area contributed by atoms with Crippen LogP contribution in [0.15, 0.2) is 30.5 Å². The quantitative estimate of drug-likeness (QED) is 0.876. The summed E-state index contributed by atoms with van der Waals surface area (Å²) in [6.45, 7) is 4.10. The van der Waals surface area contributed by atoms with Crippen LogP contribution < -0.4 is 15.1 Å². The van der Waals surface area contributed by atoms with E-state index in [-0.39, 0.29) is 5.69 Å². The minimum Gasteiger partial charge on any atom is -0.353 e. The normalized spacial score (nSPS) is 17.1. The summed E-state index contributed by atoms with van der Waals surface area (Å²) in [6.07, 6.45) is 4.09. The highest BCUT2D eigenvalue weighted by Crippen LogP contribution is 2.21. The van der Waals surface area contributed by atoms with E-state index in [2.05, 4.69) is 25.1 Å². The van der Waals surface area contributed by atoms with Gasteiger partial charge in [0, 0.05) is 51.5 Å². The first-order valence-electron chi connectivity index (χ1n) is 9.44. The zero-order valence-electron chi connectivity index (χ0n) is 15.4. The SMILES string of the molecule is O=C(Nc1cc(F)ccc1F)N1CCN(c2ccnc(N3CCCC3)n2)CC1. The van der Waals surface area contributed by atoms with Gasteiger partial charge in [-0.25, -0.2) is 18.6 Å². The number of rotatable bonds is 3. The number of amides is 2. The molecule has 0 bridgehead atoms. The second-order valence-corrected chi connectivity index (χ2v) is 6.94. The van der Waals surface area contributed by atoms with Crippen molar-refractivity contribution in [1.82, 2.24) is 14.9 Å². The molecule has 2 amide bonds. The number of anilines is 3. The number of carbonyl (C=O) groups is 1. The topological polar surface area (TPSA) is 64.6 Å². The summed E-state index contributed by atoms with van der Waals surface area (Å²) in [5.41, 5.74) is -0.154. The van der Waals surface area contributed by atoms with Crippen molar-refractivity contribution in [1.29, 1.82) is 0 Å². The number of piperazine rings is 1. The third-order valence-electron chi connectivity index (χ3n) is 5.08. The Balaban J connectivity index is 1.36. The molecule has 0 atom stereocenters. The van der Waals surface area contributed by atoms with Crippen LogP contribution in [-0.2, 0) is 0 Å². The molecule has 7 nitrogen and oxygen atoms in total. The van der Waals surface area contributed by atoms with Gasteiger partial charge in [0.05, 0.1) is 5.69 Å². The summed E-state index contributed by atoms with van der Waals surface area (Å²) in [5, 5.41) is 2.44. The maximum Gasteiger partial charge on any atom is 0.322 e. The number of nitrogens with zero attached hydrogens (tertiary/aromatic N) is 5. The van der Waals surface area contributed by atoms with E-state index in [9.17, 15) is 13.6 Å². The van der Waals surface area contributed by atoms with E-state index < -0.39 is 17.7 Å². The zero-order valence-corrected chi connectivity index (χ0v) is 15.4. The van der Waals surface area contributed by atoms with Crippen molar-refractivity contribution in [3.05, 3.63) is 42.1 Å². The standard InChI is InChI=1S/C19H22F2N6O/c20-14-3-4-15(21)16(13-14)23-19(28)27-11-9-25(10-12-27)17-5-6-22-18(24-17)26-7-1-2-8-26/h3-6,13H,1-2,7-12H2,(H,23,28). The summed E-state index contributed by atoms with van der Waals surface area (Å²) >= 11 is 0. The molecule has 0 aliphatic carbocycles. The van der Waals surface area contributed by atoms with Gasteiger partial charge in [-0.15, -0.1) is 0 Å². The fraction of sp³-hybridized carbons (Fsp3) is 0.421. The Morgan fingerprint density at radius 2 is 1.71 bits per heavy atom. The molecule has 0 unspecified atom stereocenters. The van der Waals surface area contributed by atoms with Gasteiger partial charge in [0.15, 0.2) is 0 Å². The first-order valence-corrected chi connectivity index (χ1v) is 9.44. The van der Waals surface area contributed by atoms with E-state index in [0.717, 1.165) is 55.9 Å². The first kappa shape index (κ1) is 18.4. The van der Waals surface area contributed by atoms with Gasteiger partial charge in [-0.1, -0.05) is 0 Å². The monoisotopic (exact) mass is 388 g/mol. The van der Waals surface area contributed by atoms with Crippen LogP contribution in [0.1, 0.15) is 12.8 Å². The third-order valence-corrected chi connectivity index (χ3v) is 5.08. The van der Waals surface area contributed by atoms with Crippen LogP contribution in [-0.4, -0.2) is 60.2 Å². The van der Waals surface area contributed by atoms with Crippen LogP contribution in [0.5, 0.6) is 0 Å². The predicted octanol–water partition coefficient (Wildman–Crippen LogP) is 2.71. The van der Waals surface area contributed by atoms with Gasteiger partial charge in [0.25, 0.3) is 0 Å². The van der Waals surface area contributed by atoms with Gasteiger partial charge in [-0.2, -0.15) is 4.98 Å². The summed E-state index contributed by atoms with van der Waals surface area (Å²) in [5.74, 6) is 0.327. The second kappa shape index (κ2) is 7.95. The van der Waals surface area contributed by atoms with Crippen molar-refractivity contribution in [3.8, 4) is 0 Å². The van der Waals surface area contributed by atoms with Gasteiger partial charge in [0.1, 0.15) is 17.5 Å². The number of halogens is 2. The average Bonchev–Trinajstić information content (AvgIpc) is 3.26. The molecule has 148 valence electrons. The van der Waals surface area contributed by atoms with E-state index in [1.54, 1.807) is 11.1 Å². The van der Waals surface area contributed by atoms with E-state index in [0.29, 0.717) is 26.2 Å². The smallest absolute Gasteiger partial charge is 0.322 e. The van der Waals surface area contributed by atoms with Crippen molar-refractivity contribution in [2.75, 3.05) is 54.4 Å². The van der Waals surface area contributed by atoms with Crippen molar-refractivity contribution < 1.29 is 13.6 Å². The fourth-order valence-corrected chi connectivity index (χ4v) is 3.51. The van der Waals surface area contributed by atoms with E-state index in [1.165, 1.54) is 0 Å². The van der Waals surface area contributed by atoms with E-state index >= 15 is 0 Å². The van der Waals surface area contributed by atoms with Gasteiger partial charge in [0.2, 0.25) is 5.95 Å². The number of hydrogen-bond acceptors (Lipinski definition) is 5. The van der Waals surface area contributed by atoms with Gasteiger partial charge >= 0.3 is 6.03 Å². The van der Waals surface area contributed by atoms with Crippen LogP contribution in [0.4, 0.5) is 31.0 Å². The summed E-state index contributed by atoms with van der Waals surface area (Å²) < 4.78 is 27.0. The van der Waals surface area contributed by atoms with E-state index in [4.69, 9.17) is 0 Å². The number of urea groups is 1. The Morgan fingerprint density at radius 1 is 0.964 bits per heavy atom. The Bertz CT molecular complexity index is 850. The maximum atomic E-state index is 13.7. The second-order valence-electron chi connectivity index (χ2n) is 6.94. The molecular weight excluding hydrogens is 366 g/mol. The van der Waals surface area contributed by atoms with Crippen LogP contribution in [0, 0.1) is 11.6 Å². The Kier molecular flexibility index (Phi) is 5.23. The minimum absolute atomic E-state index is 0.154. The third kappa shape index (κ3) is 3.97. The van der Waals surface area contributed by atoms with Gasteiger partial charge in [-0.05, 0) is 31.0 Å². The fourth-order valence-electron chi connectivity index (χ4n) is 3.51. The molecule has 1 aromatic carbocycles. The minimum atomic E-state index is -0.663. The molecule has 2 aliphatic rings. The van der Waals surface area contributed by atoms with Crippen molar-refractivity contribution >= 4 is 23.5 Å². The molecule has 2 aromatic rings. The Labute approximate surface area is 162 Å². The number of carbonyl (C=O) groups excluding carboxylic acids is 1. The number of nitrogens with one attached hydrogen (secondary N) is 1. The first-order chi connectivity index (χ1) is 13.6. The molecule has 3 heterocycles. The molecule has 1 aromatic heterocycles. The highest BCUT2D eigenvalue weighted by Gasteiger charge is 2.24. The van der Waals surface area contributed by atoms with Crippen molar-refractivity contribution in [2.24, 2.45) is 0 Å². The predicted molar refractivity (Wildman–Crippen MR) is 103 cm³/mol. The molecule has 9 heteroatoms. The van der Waals surface area contributed by atoms with Gasteiger partial charge < -0.3 is 20.0 Å². The Hall–Kier alpha value is -2.97. The van der Waals surface area contributed by atoms with Crippen LogP contribution in [0.3, 0.4) is 0 Å². The van der Waals surface area contributed by atoms with E-state index in [1.807, 2.05) is 6.07 Å². The van der Waals surface area contributed by atoms with Crippen LogP contribution in [0.25, 0.3) is 0 Å². The molecule has 4 rings (SSSR count). The molecule has 2 saturated heterocycles. The highest BCUT2D eigenvalue weighted by molar-refractivity contribution is 5.89. The number of hydrogen-bond donors (Lipinski definition) is 1. The average molecular weight is 388 g/mol. The summed E-state index contributed by atoms with van der Waals surface area (Å²) in [6, 6.07) is 4.42. The van der Waals surface area contributed by atoms with Crippen LogP contribution in [0.2, 0.25) is 0 Å². The lowest BCUT2D eigenvalue weighted by atomic mass is 10.3. The zero-order chi connectivity index (χ0) is 19.5. The summed E-state index contributed by atoms with van der Waals surface area (Å²) in [7, 11) is 0. The van der Waals surface area contributed by atoms with Crippen molar-refractivity contribution in [2.45, 2.75) is 12.8 Å². The lowest BCUT2D eigenvalue weighted by molar-refractivity contribution is 0.208. The molecule has 1 N–H and O–H groups in total. The highest BCUT2D eigenvalue weighted by atomic mass is 19.1. The largest absolute Gasteiger partial charge is 0.353 e. The molecule has 28 heavy (non-hydrogen) atoms. The summed E-state index contributed by atoms with van der Waals surface area (Å²) in [4.78, 5) is 27.3. The van der Waals surface area contributed by atoms with Crippen LogP contribution >= 0.6 is 0 Å². The Morgan fingerprint density at radius 3 is 2.46 bits per heavy atom. The molecule has 0 spiro atoms. The molecule has 0 saturated carbocycles. The molecule has 0 radical (unpaired) electrons. The van der Waals surface area contributed by atoms with Crippen molar-refractivity contribution in [3.63, 3.8) is 0 Å².